The fourth-order valence-electron chi connectivity index (χ4n) is 1.95. The second kappa shape index (κ2) is 5.67. The fourth-order valence-corrected chi connectivity index (χ4v) is 1.95. The molecule has 0 aliphatic carbocycles. The fraction of sp³-hybridized carbons (Fsp3) is 0.250. The second-order valence-corrected chi connectivity index (χ2v) is 4.65. The van der Waals surface area contributed by atoms with Crippen molar-refractivity contribution in [3.05, 3.63) is 65.5 Å². The zero-order chi connectivity index (χ0) is 13.0. The van der Waals surface area contributed by atoms with Gasteiger partial charge in [0.15, 0.2) is 0 Å². The summed E-state index contributed by atoms with van der Waals surface area (Å²) >= 11 is 0. The van der Waals surface area contributed by atoms with E-state index in [1.165, 1.54) is 11.6 Å². The summed E-state index contributed by atoms with van der Waals surface area (Å²) < 4.78 is 13.2. The van der Waals surface area contributed by atoms with E-state index >= 15 is 0 Å². The summed E-state index contributed by atoms with van der Waals surface area (Å²) in [4.78, 5) is 0. The van der Waals surface area contributed by atoms with Crippen LogP contribution in [0.3, 0.4) is 0 Å². The Balaban J connectivity index is 2.01. The third-order valence-corrected chi connectivity index (χ3v) is 3.17. The number of benzene rings is 2. The first-order valence-corrected chi connectivity index (χ1v) is 6.22. The van der Waals surface area contributed by atoms with Crippen molar-refractivity contribution in [2.24, 2.45) is 0 Å². The molecule has 1 N–H and O–H groups in total. The highest BCUT2D eigenvalue weighted by Crippen LogP contribution is 2.19. The molecule has 1 atom stereocenters. The molecule has 0 heterocycles. The lowest BCUT2D eigenvalue weighted by Gasteiger charge is -2.15. The van der Waals surface area contributed by atoms with Crippen molar-refractivity contribution in [1.82, 2.24) is 0 Å². The maximum Gasteiger partial charge on any atom is 0.125 e. The minimum atomic E-state index is -0.199. The molecule has 1 nitrogen and oxygen atoms in total. The van der Waals surface area contributed by atoms with E-state index in [4.69, 9.17) is 0 Å². The van der Waals surface area contributed by atoms with E-state index < -0.39 is 0 Å². The van der Waals surface area contributed by atoms with Crippen molar-refractivity contribution < 1.29 is 4.39 Å². The van der Waals surface area contributed by atoms with Gasteiger partial charge in [-0.15, -0.1) is 0 Å². The number of nitrogens with one attached hydrogen (secondary N) is 1. The van der Waals surface area contributed by atoms with Crippen LogP contribution >= 0.6 is 0 Å². The molecule has 94 valence electrons. The van der Waals surface area contributed by atoms with Crippen LogP contribution in [0.4, 0.5) is 10.1 Å². The molecule has 0 spiro atoms. The summed E-state index contributed by atoms with van der Waals surface area (Å²) in [5.74, 6) is 0.198. The first-order valence-electron chi connectivity index (χ1n) is 6.22. The zero-order valence-corrected chi connectivity index (χ0v) is 10.8. The SMILES string of the molecule is Cc1ccc(F)cc1NCC(C)c1ccccc1. The van der Waals surface area contributed by atoms with E-state index in [0.29, 0.717) is 5.92 Å². The third kappa shape index (κ3) is 3.10. The minimum absolute atomic E-state index is 0.199. The first kappa shape index (κ1) is 12.6. The number of halogens is 1. The lowest BCUT2D eigenvalue weighted by atomic mass is 10.0. The Labute approximate surface area is 108 Å². The highest BCUT2D eigenvalue weighted by Gasteiger charge is 2.06. The highest BCUT2D eigenvalue weighted by molar-refractivity contribution is 5.51. The van der Waals surface area contributed by atoms with Crippen LogP contribution in [0.15, 0.2) is 48.5 Å². The van der Waals surface area contributed by atoms with Gasteiger partial charge in [-0.05, 0) is 36.1 Å². The topological polar surface area (TPSA) is 12.0 Å². The van der Waals surface area contributed by atoms with Gasteiger partial charge in [0.2, 0.25) is 0 Å². The molecule has 0 saturated heterocycles. The van der Waals surface area contributed by atoms with Crippen molar-refractivity contribution >= 4 is 5.69 Å². The molecule has 0 aromatic heterocycles. The smallest absolute Gasteiger partial charge is 0.125 e. The summed E-state index contributed by atoms with van der Waals surface area (Å²) in [5, 5.41) is 3.31. The van der Waals surface area contributed by atoms with Crippen LogP contribution in [0.1, 0.15) is 24.0 Å². The van der Waals surface area contributed by atoms with Crippen molar-refractivity contribution in [1.29, 1.82) is 0 Å². The van der Waals surface area contributed by atoms with Gasteiger partial charge in [0.05, 0.1) is 0 Å². The number of anilines is 1. The van der Waals surface area contributed by atoms with E-state index in [1.807, 2.05) is 25.1 Å². The average Bonchev–Trinajstić information content (AvgIpc) is 2.40. The Morgan fingerprint density at radius 2 is 1.83 bits per heavy atom. The van der Waals surface area contributed by atoms with Gasteiger partial charge in [0.25, 0.3) is 0 Å². The van der Waals surface area contributed by atoms with Crippen molar-refractivity contribution in [2.45, 2.75) is 19.8 Å². The van der Waals surface area contributed by atoms with Crippen molar-refractivity contribution in [2.75, 3.05) is 11.9 Å². The lowest BCUT2D eigenvalue weighted by molar-refractivity contribution is 0.627. The first-order chi connectivity index (χ1) is 8.66. The number of aryl methyl sites for hydroxylation is 1. The summed E-state index contributed by atoms with van der Waals surface area (Å²) in [5.41, 5.74) is 3.23. The molecular weight excluding hydrogens is 225 g/mol. The van der Waals surface area contributed by atoms with Gasteiger partial charge in [0.1, 0.15) is 5.82 Å². The molecule has 0 fully saturated rings. The summed E-state index contributed by atoms with van der Waals surface area (Å²) in [6.07, 6.45) is 0. The Morgan fingerprint density at radius 3 is 2.56 bits per heavy atom. The molecule has 0 bridgehead atoms. The zero-order valence-electron chi connectivity index (χ0n) is 10.8. The third-order valence-electron chi connectivity index (χ3n) is 3.17. The van der Waals surface area contributed by atoms with Crippen LogP contribution in [0, 0.1) is 12.7 Å². The van der Waals surface area contributed by atoms with Crippen molar-refractivity contribution in [3.8, 4) is 0 Å². The van der Waals surface area contributed by atoms with E-state index in [2.05, 4.69) is 24.4 Å². The standard InChI is InChI=1S/C16H18FN/c1-12-8-9-15(17)10-16(12)18-11-13(2)14-6-4-3-5-7-14/h3-10,13,18H,11H2,1-2H3. The molecule has 0 aliphatic rings. The molecule has 2 heteroatoms. The number of hydrogen-bond acceptors (Lipinski definition) is 1. The molecule has 0 saturated carbocycles. The summed E-state index contributed by atoms with van der Waals surface area (Å²) in [6, 6.07) is 15.2. The van der Waals surface area contributed by atoms with Gasteiger partial charge >= 0.3 is 0 Å². The van der Waals surface area contributed by atoms with Crippen molar-refractivity contribution in [3.63, 3.8) is 0 Å². The minimum Gasteiger partial charge on any atom is -0.384 e. The summed E-state index contributed by atoms with van der Waals surface area (Å²) in [7, 11) is 0. The Bertz CT molecular complexity index is 508. The van der Waals surface area contributed by atoms with Gasteiger partial charge in [-0.3, -0.25) is 0 Å². The lowest BCUT2D eigenvalue weighted by Crippen LogP contribution is -2.10. The molecule has 1 unspecified atom stereocenters. The number of rotatable bonds is 4. The van der Waals surface area contributed by atoms with Gasteiger partial charge < -0.3 is 5.32 Å². The Hall–Kier alpha value is -1.83. The molecule has 0 aliphatic heterocycles. The normalized spacial score (nSPS) is 12.2. The molecule has 0 amide bonds. The van der Waals surface area contributed by atoms with E-state index in [0.717, 1.165) is 17.8 Å². The Morgan fingerprint density at radius 1 is 1.11 bits per heavy atom. The predicted molar refractivity (Wildman–Crippen MR) is 74.5 cm³/mol. The maximum atomic E-state index is 13.2. The Kier molecular flexibility index (Phi) is 3.98. The quantitative estimate of drug-likeness (QED) is 0.841. The van der Waals surface area contributed by atoms with Crippen LogP contribution in [-0.2, 0) is 0 Å². The maximum absolute atomic E-state index is 13.2. The van der Waals surface area contributed by atoms with Gasteiger partial charge in [-0.1, -0.05) is 43.3 Å². The summed E-state index contributed by atoms with van der Waals surface area (Å²) in [6.45, 7) is 4.94. The second-order valence-electron chi connectivity index (χ2n) is 4.65. The molecular formula is C16H18FN. The monoisotopic (exact) mass is 243 g/mol. The molecule has 2 rings (SSSR count). The highest BCUT2D eigenvalue weighted by atomic mass is 19.1. The van der Waals surface area contributed by atoms with Crippen LogP contribution in [-0.4, -0.2) is 6.54 Å². The van der Waals surface area contributed by atoms with Crippen LogP contribution in [0.2, 0.25) is 0 Å². The van der Waals surface area contributed by atoms with Gasteiger partial charge in [0, 0.05) is 12.2 Å². The molecule has 18 heavy (non-hydrogen) atoms. The molecule has 2 aromatic carbocycles. The van der Waals surface area contributed by atoms with Crippen LogP contribution in [0.25, 0.3) is 0 Å². The van der Waals surface area contributed by atoms with Gasteiger partial charge in [-0.2, -0.15) is 0 Å². The average molecular weight is 243 g/mol. The molecule has 0 radical (unpaired) electrons. The molecule has 2 aromatic rings. The van der Waals surface area contributed by atoms with Gasteiger partial charge in [-0.25, -0.2) is 4.39 Å². The van der Waals surface area contributed by atoms with Crippen LogP contribution < -0.4 is 5.32 Å². The van der Waals surface area contributed by atoms with Crippen LogP contribution in [0.5, 0.6) is 0 Å². The van der Waals surface area contributed by atoms with E-state index in [9.17, 15) is 4.39 Å². The van der Waals surface area contributed by atoms with E-state index in [1.54, 1.807) is 12.1 Å². The van der Waals surface area contributed by atoms with E-state index in [-0.39, 0.29) is 5.82 Å². The number of hydrogen-bond donors (Lipinski definition) is 1. The predicted octanol–water partition coefficient (Wildman–Crippen LogP) is 4.35. The largest absolute Gasteiger partial charge is 0.384 e.